The minimum absolute atomic E-state index is 0.0439. The summed E-state index contributed by atoms with van der Waals surface area (Å²) in [7, 11) is -3.77. The lowest BCUT2D eigenvalue weighted by atomic mass is 9.93. The lowest BCUT2D eigenvalue weighted by molar-refractivity contribution is 0.0223. The molecule has 1 aliphatic rings. The number of sulfonamides is 1. The molecule has 1 saturated heterocycles. The minimum Gasteiger partial charge on any atom is -0.398 e. The van der Waals surface area contributed by atoms with Gasteiger partial charge in [0.15, 0.2) is 0 Å². The van der Waals surface area contributed by atoms with Crippen LogP contribution in [0.3, 0.4) is 0 Å². The van der Waals surface area contributed by atoms with Gasteiger partial charge in [0.1, 0.15) is 4.90 Å². The fraction of sp³-hybridized carbons (Fsp3) is 0.538. The zero-order valence-electron chi connectivity index (χ0n) is 11.4. The summed E-state index contributed by atoms with van der Waals surface area (Å²) in [5.41, 5.74) is 6.02. The van der Waals surface area contributed by atoms with Crippen LogP contribution in [0, 0.1) is 6.92 Å². The SMILES string of the molecule is Cc1ccc(S(=O)(=O)NC2(CO)CCOCC2)c(N)c1. The topological polar surface area (TPSA) is 102 Å². The maximum atomic E-state index is 12.5. The third kappa shape index (κ3) is 3.12. The monoisotopic (exact) mass is 300 g/mol. The van der Waals surface area contributed by atoms with E-state index in [-0.39, 0.29) is 17.2 Å². The second-order valence-electron chi connectivity index (χ2n) is 5.20. The zero-order chi connectivity index (χ0) is 14.8. The number of nitrogen functional groups attached to an aromatic ring is 1. The normalized spacial score (nSPS) is 18.9. The van der Waals surface area contributed by atoms with E-state index in [9.17, 15) is 13.5 Å². The van der Waals surface area contributed by atoms with Crippen LogP contribution in [0.2, 0.25) is 0 Å². The van der Waals surface area contributed by atoms with E-state index in [0.29, 0.717) is 26.1 Å². The van der Waals surface area contributed by atoms with Crippen molar-refractivity contribution in [1.82, 2.24) is 4.72 Å². The van der Waals surface area contributed by atoms with Crippen LogP contribution in [0.15, 0.2) is 23.1 Å². The van der Waals surface area contributed by atoms with Gasteiger partial charge in [0.05, 0.1) is 17.8 Å². The molecule has 0 radical (unpaired) electrons. The molecule has 6 nitrogen and oxygen atoms in total. The van der Waals surface area contributed by atoms with Crippen molar-refractivity contribution in [1.29, 1.82) is 0 Å². The largest absolute Gasteiger partial charge is 0.398 e. The first-order chi connectivity index (χ1) is 9.38. The minimum atomic E-state index is -3.77. The van der Waals surface area contributed by atoms with Gasteiger partial charge in [-0.3, -0.25) is 0 Å². The molecule has 0 aromatic heterocycles. The van der Waals surface area contributed by atoms with E-state index in [0.717, 1.165) is 5.56 Å². The molecular formula is C13H20N2O4S. The highest BCUT2D eigenvalue weighted by Gasteiger charge is 2.37. The third-order valence-electron chi connectivity index (χ3n) is 3.56. The van der Waals surface area contributed by atoms with Gasteiger partial charge in [0.25, 0.3) is 0 Å². The number of ether oxygens (including phenoxy) is 1. The molecule has 0 unspecified atom stereocenters. The molecule has 0 aliphatic carbocycles. The molecule has 1 aromatic carbocycles. The molecule has 1 fully saturated rings. The van der Waals surface area contributed by atoms with Crippen LogP contribution >= 0.6 is 0 Å². The molecule has 112 valence electrons. The second-order valence-corrected chi connectivity index (χ2v) is 6.85. The van der Waals surface area contributed by atoms with Gasteiger partial charge in [0, 0.05) is 13.2 Å². The van der Waals surface area contributed by atoms with Crippen LogP contribution < -0.4 is 10.5 Å². The maximum absolute atomic E-state index is 12.5. The first kappa shape index (κ1) is 15.2. The molecule has 0 amide bonds. The molecule has 7 heteroatoms. The Morgan fingerprint density at radius 2 is 2.05 bits per heavy atom. The van der Waals surface area contributed by atoms with Gasteiger partial charge in [-0.2, -0.15) is 0 Å². The average molecular weight is 300 g/mol. The first-order valence-electron chi connectivity index (χ1n) is 6.47. The van der Waals surface area contributed by atoms with E-state index >= 15 is 0 Å². The van der Waals surface area contributed by atoms with E-state index in [1.807, 2.05) is 6.92 Å². The van der Waals surface area contributed by atoms with Crippen LogP contribution in [0.25, 0.3) is 0 Å². The van der Waals surface area contributed by atoms with Crippen LogP contribution in [-0.4, -0.2) is 38.9 Å². The Morgan fingerprint density at radius 1 is 1.40 bits per heavy atom. The molecule has 1 aromatic rings. The van der Waals surface area contributed by atoms with Crippen molar-refractivity contribution in [2.75, 3.05) is 25.6 Å². The van der Waals surface area contributed by atoms with Crippen molar-refractivity contribution >= 4 is 15.7 Å². The predicted octanol–water partition coefficient (Wildman–Crippen LogP) is 0.397. The number of rotatable bonds is 4. The number of hydrogen-bond acceptors (Lipinski definition) is 5. The lowest BCUT2D eigenvalue weighted by Gasteiger charge is -2.35. The van der Waals surface area contributed by atoms with Crippen molar-refractivity contribution in [2.24, 2.45) is 0 Å². The molecule has 0 spiro atoms. The fourth-order valence-electron chi connectivity index (χ4n) is 2.31. The number of hydrogen-bond donors (Lipinski definition) is 3. The second kappa shape index (κ2) is 5.69. The van der Waals surface area contributed by atoms with E-state index in [2.05, 4.69) is 4.72 Å². The van der Waals surface area contributed by atoms with Crippen molar-refractivity contribution in [2.45, 2.75) is 30.2 Å². The fourth-order valence-corrected chi connectivity index (χ4v) is 3.87. The van der Waals surface area contributed by atoms with Gasteiger partial charge in [0.2, 0.25) is 10.0 Å². The Bertz CT molecular complexity index is 580. The quantitative estimate of drug-likeness (QED) is 0.699. The standard InChI is InChI=1S/C13H20N2O4S/c1-10-2-3-12(11(14)8-10)20(17,18)15-13(9-16)4-6-19-7-5-13/h2-3,8,15-16H,4-7,9,14H2,1H3. The van der Waals surface area contributed by atoms with Crippen molar-refractivity contribution in [3.05, 3.63) is 23.8 Å². The van der Waals surface area contributed by atoms with Gasteiger partial charge in [-0.25, -0.2) is 13.1 Å². The molecule has 4 N–H and O–H groups in total. The number of nitrogens with two attached hydrogens (primary N) is 1. The van der Waals surface area contributed by atoms with E-state index in [4.69, 9.17) is 10.5 Å². The molecule has 0 bridgehead atoms. The molecule has 2 rings (SSSR count). The first-order valence-corrected chi connectivity index (χ1v) is 7.96. The van der Waals surface area contributed by atoms with E-state index < -0.39 is 15.6 Å². The van der Waals surface area contributed by atoms with Crippen LogP contribution in [-0.2, 0) is 14.8 Å². The van der Waals surface area contributed by atoms with Gasteiger partial charge in [-0.15, -0.1) is 0 Å². The van der Waals surface area contributed by atoms with Gasteiger partial charge < -0.3 is 15.6 Å². The Kier molecular flexibility index (Phi) is 4.33. The Morgan fingerprint density at radius 3 is 2.60 bits per heavy atom. The summed E-state index contributed by atoms with van der Waals surface area (Å²) in [6, 6.07) is 4.79. The van der Waals surface area contributed by atoms with Crippen molar-refractivity contribution in [3.63, 3.8) is 0 Å². The summed E-state index contributed by atoms with van der Waals surface area (Å²) >= 11 is 0. The molecule has 1 heterocycles. The Labute approximate surface area is 119 Å². The zero-order valence-corrected chi connectivity index (χ0v) is 12.2. The third-order valence-corrected chi connectivity index (χ3v) is 5.21. The van der Waals surface area contributed by atoms with Crippen LogP contribution in [0.5, 0.6) is 0 Å². The van der Waals surface area contributed by atoms with Gasteiger partial charge in [-0.05, 0) is 37.5 Å². The van der Waals surface area contributed by atoms with Crippen molar-refractivity contribution in [3.8, 4) is 0 Å². The van der Waals surface area contributed by atoms with E-state index in [1.165, 1.54) is 6.07 Å². The highest BCUT2D eigenvalue weighted by atomic mass is 32.2. The predicted molar refractivity (Wildman–Crippen MR) is 75.8 cm³/mol. The summed E-state index contributed by atoms with van der Waals surface area (Å²) < 4.78 is 32.7. The number of benzene rings is 1. The van der Waals surface area contributed by atoms with Crippen molar-refractivity contribution < 1.29 is 18.3 Å². The Hall–Kier alpha value is -1.15. The molecule has 0 saturated carbocycles. The maximum Gasteiger partial charge on any atom is 0.243 e. The molecule has 1 aliphatic heterocycles. The molecule has 20 heavy (non-hydrogen) atoms. The smallest absolute Gasteiger partial charge is 0.243 e. The molecular weight excluding hydrogens is 280 g/mol. The number of aliphatic hydroxyl groups is 1. The Balaban J connectivity index is 2.30. The molecule has 0 atom stereocenters. The number of anilines is 1. The highest BCUT2D eigenvalue weighted by molar-refractivity contribution is 7.89. The van der Waals surface area contributed by atoms with Crippen LogP contribution in [0.4, 0.5) is 5.69 Å². The average Bonchev–Trinajstić information content (AvgIpc) is 2.38. The summed E-state index contributed by atoms with van der Waals surface area (Å²) in [6.07, 6.45) is 0.878. The van der Waals surface area contributed by atoms with Crippen LogP contribution in [0.1, 0.15) is 18.4 Å². The lowest BCUT2D eigenvalue weighted by Crippen LogP contribution is -2.54. The summed E-state index contributed by atoms with van der Waals surface area (Å²) in [5.74, 6) is 0. The van der Waals surface area contributed by atoms with Gasteiger partial charge in [-0.1, -0.05) is 6.07 Å². The summed E-state index contributed by atoms with van der Waals surface area (Å²) in [6.45, 7) is 2.42. The number of nitrogens with one attached hydrogen (secondary N) is 1. The number of aryl methyl sites for hydroxylation is 1. The number of aliphatic hydroxyl groups excluding tert-OH is 1. The highest BCUT2D eigenvalue weighted by Crippen LogP contribution is 2.26. The summed E-state index contributed by atoms with van der Waals surface area (Å²) in [4.78, 5) is 0.0439. The van der Waals surface area contributed by atoms with E-state index in [1.54, 1.807) is 12.1 Å². The summed E-state index contributed by atoms with van der Waals surface area (Å²) in [5, 5.41) is 9.55. The van der Waals surface area contributed by atoms with Gasteiger partial charge >= 0.3 is 0 Å².